The largest absolute Gasteiger partial charge is 0.497 e. The average molecular weight is 472 g/mol. The van der Waals surface area contributed by atoms with Gasteiger partial charge in [-0.15, -0.1) is 11.8 Å². The van der Waals surface area contributed by atoms with Crippen LogP contribution >= 0.6 is 11.8 Å². The van der Waals surface area contributed by atoms with Gasteiger partial charge in [-0.25, -0.2) is 0 Å². The van der Waals surface area contributed by atoms with Gasteiger partial charge in [-0.1, -0.05) is 12.1 Å². The van der Waals surface area contributed by atoms with Crippen LogP contribution in [-0.4, -0.2) is 77.2 Å². The molecule has 0 N–H and O–H groups in total. The van der Waals surface area contributed by atoms with E-state index in [0.29, 0.717) is 13.2 Å². The van der Waals surface area contributed by atoms with Crippen LogP contribution in [0.4, 0.5) is 5.69 Å². The molecule has 0 radical (unpaired) electrons. The summed E-state index contributed by atoms with van der Waals surface area (Å²) in [6.45, 7) is 3.29. The number of carbonyl (C=O) groups excluding carboxylic acids is 1. The number of benzene rings is 2. The maximum atomic E-state index is 13.8. The number of thioether (sulfide) groups is 1. The van der Waals surface area contributed by atoms with Crippen molar-refractivity contribution in [2.75, 3.05) is 66.4 Å². The minimum atomic E-state index is -0.369. The van der Waals surface area contributed by atoms with Crippen molar-refractivity contribution in [1.29, 1.82) is 0 Å². The molecule has 0 bridgehead atoms. The van der Waals surface area contributed by atoms with E-state index in [1.165, 1.54) is 0 Å². The van der Waals surface area contributed by atoms with E-state index in [4.69, 9.17) is 9.47 Å². The van der Waals surface area contributed by atoms with Crippen molar-refractivity contribution in [3.05, 3.63) is 48.0 Å². The third-order valence-corrected chi connectivity index (χ3v) is 6.93. The highest BCUT2D eigenvalue weighted by atomic mass is 32.2. The summed E-state index contributed by atoms with van der Waals surface area (Å²) < 4.78 is 11.7. The number of hydrogen-bond acceptors (Lipinski definition) is 6. The van der Waals surface area contributed by atoms with E-state index in [-0.39, 0.29) is 11.2 Å². The molecule has 1 heterocycles. The maximum Gasteiger partial charge on any atom is 0.245 e. The molecule has 0 spiro atoms. The van der Waals surface area contributed by atoms with E-state index in [1.807, 2.05) is 41.3 Å². The lowest BCUT2D eigenvalue weighted by Gasteiger charge is -2.34. The number of para-hydroxylation sites is 1. The Balaban J connectivity index is 1.84. The normalized spacial score (nSPS) is 15.8. The fourth-order valence-corrected chi connectivity index (χ4v) is 5.14. The van der Waals surface area contributed by atoms with Crippen LogP contribution in [0.5, 0.6) is 11.5 Å². The zero-order valence-corrected chi connectivity index (χ0v) is 21.4. The summed E-state index contributed by atoms with van der Waals surface area (Å²) in [6.07, 6.45) is 2.95. The number of rotatable bonds is 12. The van der Waals surface area contributed by atoms with Crippen molar-refractivity contribution >= 4 is 23.4 Å². The van der Waals surface area contributed by atoms with E-state index in [0.717, 1.165) is 60.0 Å². The Hall–Kier alpha value is -2.22. The fourth-order valence-electron chi connectivity index (χ4n) is 3.89. The predicted molar refractivity (Wildman–Crippen MR) is 137 cm³/mol. The average Bonchev–Trinajstić information content (AvgIpc) is 2.79. The molecule has 7 heteroatoms. The van der Waals surface area contributed by atoms with Gasteiger partial charge in [-0.3, -0.25) is 4.79 Å². The summed E-state index contributed by atoms with van der Waals surface area (Å²) in [5.41, 5.74) is 1.88. The third-order valence-electron chi connectivity index (χ3n) is 5.63. The number of carbonyl (C=O) groups is 1. The Morgan fingerprint density at radius 1 is 0.970 bits per heavy atom. The quantitative estimate of drug-likeness (QED) is 0.423. The molecule has 1 atom stereocenters. The minimum Gasteiger partial charge on any atom is -0.497 e. The van der Waals surface area contributed by atoms with E-state index in [2.05, 4.69) is 44.1 Å². The molecule has 0 saturated carbocycles. The molecule has 1 amide bonds. The van der Waals surface area contributed by atoms with Gasteiger partial charge >= 0.3 is 0 Å². The molecule has 2 aromatic carbocycles. The second kappa shape index (κ2) is 12.3. The molecular weight excluding hydrogens is 434 g/mol. The molecule has 6 nitrogen and oxygen atoms in total. The van der Waals surface area contributed by atoms with Crippen LogP contribution < -0.4 is 14.4 Å². The Labute approximate surface area is 202 Å². The molecule has 1 unspecified atom stereocenters. The zero-order valence-electron chi connectivity index (χ0n) is 20.5. The SMILES string of the molecule is COc1ccc(OCCCCN(C)C)c(C2Sc3ccccc3N(CCCN(C)C)C2=O)c1. The van der Waals surface area contributed by atoms with Gasteiger partial charge in [0.25, 0.3) is 0 Å². The second-order valence-corrected chi connectivity index (χ2v) is 10.0. The van der Waals surface area contributed by atoms with Crippen LogP contribution in [-0.2, 0) is 4.79 Å². The van der Waals surface area contributed by atoms with Gasteiger partial charge < -0.3 is 24.2 Å². The lowest BCUT2D eigenvalue weighted by molar-refractivity contribution is -0.118. The standard InChI is InChI=1S/C26H37N3O3S/c1-27(2)15-8-9-18-32-23-14-13-20(31-5)19-21(23)25-26(30)29(17-10-16-28(3)4)22-11-6-7-12-24(22)33-25/h6-7,11-14,19,25H,8-10,15-18H2,1-5H3. The summed E-state index contributed by atoms with van der Waals surface area (Å²) in [5.74, 6) is 1.60. The molecule has 3 rings (SSSR count). The highest BCUT2D eigenvalue weighted by Crippen LogP contribution is 2.49. The molecule has 180 valence electrons. The van der Waals surface area contributed by atoms with Crippen LogP contribution in [0.1, 0.15) is 30.1 Å². The van der Waals surface area contributed by atoms with Crippen molar-refractivity contribution < 1.29 is 14.3 Å². The van der Waals surface area contributed by atoms with Crippen LogP contribution in [0.15, 0.2) is 47.4 Å². The zero-order chi connectivity index (χ0) is 23.8. The first kappa shape index (κ1) is 25.4. The van der Waals surface area contributed by atoms with Crippen LogP contribution in [0.25, 0.3) is 0 Å². The Morgan fingerprint density at radius 3 is 2.42 bits per heavy atom. The highest BCUT2D eigenvalue weighted by Gasteiger charge is 2.36. The molecule has 33 heavy (non-hydrogen) atoms. The number of nitrogens with zero attached hydrogens (tertiary/aromatic N) is 3. The predicted octanol–water partition coefficient (Wildman–Crippen LogP) is 4.55. The lowest BCUT2D eigenvalue weighted by atomic mass is 10.1. The van der Waals surface area contributed by atoms with Crippen molar-refractivity contribution in [3.8, 4) is 11.5 Å². The molecule has 0 fully saturated rings. The first-order valence-corrected chi connectivity index (χ1v) is 12.5. The van der Waals surface area contributed by atoms with Crippen molar-refractivity contribution in [1.82, 2.24) is 9.80 Å². The maximum absolute atomic E-state index is 13.8. The summed E-state index contributed by atoms with van der Waals surface area (Å²) in [7, 11) is 9.93. The highest BCUT2D eigenvalue weighted by molar-refractivity contribution is 8.00. The first-order chi connectivity index (χ1) is 15.9. The number of methoxy groups -OCH3 is 1. The third kappa shape index (κ3) is 6.88. The van der Waals surface area contributed by atoms with Gasteiger partial charge in [-0.05, 0) is 90.9 Å². The van der Waals surface area contributed by atoms with E-state index in [9.17, 15) is 4.79 Å². The van der Waals surface area contributed by atoms with Gasteiger partial charge in [0.05, 0.1) is 19.4 Å². The second-order valence-electron chi connectivity index (χ2n) is 8.87. The number of unbranched alkanes of at least 4 members (excludes halogenated alkanes) is 1. The van der Waals surface area contributed by atoms with Crippen molar-refractivity contribution in [2.24, 2.45) is 0 Å². The number of ether oxygens (including phenoxy) is 2. The molecule has 0 aliphatic carbocycles. The first-order valence-electron chi connectivity index (χ1n) is 11.6. The molecule has 2 aromatic rings. The van der Waals surface area contributed by atoms with Crippen molar-refractivity contribution in [3.63, 3.8) is 0 Å². The van der Waals surface area contributed by atoms with Gasteiger partial charge in [-0.2, -0.15) is 0 Å². The van der Waals surface area contributed by atoms with E-state index >= 15 is 0 Å². The monoisotopic (exact) mass is 471 g/mol. The van der Waals surface area contributed by atoms with Gasteiger partial charge in [0.15, 0.2) is 0 Å². The number of hydrogen-bond donors (Lipinski definition) is 0. The number of anilines is 1. The summed E-state index contributed by atoms with van der Waals surface area (Å²) in [4.78, 5) is 21.1. The number of fused-ring (bicyclic) bond motifs is 1. The molecule has 0 aromatic heterocycles. The fraction of sp³-hybridized carbons (Fsp3) is 0.500. The molecule has 1 aliphatic heterocycles. The summed E-state index contributed by atoms with van der Waals surface area (Å²) >= 11 is 1.60. The molecule has 1 aliphatic rings. The lowest BCUT2D eigenvalue weighted by Crippen LogP contribution is -2.39. The Morgan fingerprint density at radius 2 is 1.70 bits per heavy atom. The van der Waals surface area contributed by atoms with E-state index < -0.39 is 0 Å². The van der Waals surface area contributed by atoms with Crippen molar-refractivity contribution in [2.45, 2.75) is 29.4 Å². The molecule has 0 saturated heterocycles. The van der Waals surface area contributed by atoms with Crippen LogP contribution in [0.3, 0.4) is 0 Å². The topological polar surface area (TPSA) is 45.3 Å². The van der Waals surface area contributed by atoms with Gasteiger partial charge in [0.2, 0.25) is 5.91 Å². The Bertz CT molecular complexity index is 919. The van der Waals surface area contributed by atoms with E-state index in [1.54, 1.807) is 18.9 Å². The Kier molecular flexibility index (Phi) is 9.47. The van der Waals surface area contributed by atoms with Gasteiger partial charge in [0, 0.05) is 17.0 Å². The number of amides is 1. The van der Waals surface area contributed by atoms with Crippen LogP contribution in [0.2, 0.25) is 0 Å². The van der Waals surface area contributed by atoms with Crippen LogP contribution in [0, 0.1) is 0 Å². The minimum absolute atomic E-state index is 0.100. The molecular formula is C26H37N3O3S. The smallest absolute Gasteiger partial charge is 0.245 e. The van der Waals surface area contributed by atoms with Gasteiger partial charge in [0.1, 0.15) is 16.7 Å². The summed E-state index contributed by atoms with van der Waals surface area (Å²) in [5, 5.41) is -0.369. The summed E-state index contributed by atoms with van der Waals surface area (Å²) in [6, 6.07) is 14.0.